The Morgan fingerprint density at radius 2 is 1.38 bits per heavy atom. The Kier molecular flexibility index (Phi) is 24.1. The third-order valence-electron chi connectivity index (χ3n) is 1.06. The first-order valence-electron chi connectivity index (χ1n) is 5.24. The summed E-state index contributed by atoms with van der Waals surface area (Å²) in [6.07, 6.45) is 3.71. The number of nitrogens with zero attached hydrogens (tertiary/aromatic N) is 2. The molecular weight excluding hydrogens is 160 g/mol. The molecule has 0 amide bonds. The van der Waals surface area contributed by atoms with E-state index >= 15 is 0 Å². The Morgan fingerprint density at radius 3 is 1.46 bits per heavy atom. The highest BCUT2D eigenvalue weighted by Crippen LogP contribution is 1.86. The van der Waals surface area contributed by atoms with Crippen molar-refractivity contribution in [2.45, 2.75) is 48.5 Å². The lowest BCUT2D eigenvalue weighted by atomic mass is 10.7. The van der Waals surface area contributed by atoms with Gasteiger partial charge in [0.1, 0.15) is 5.82 Å². The van der Waals surface area contributed by atoms with E-state index in [0.717, 1.165) is 5.82 Å². The first kappa shape index (κ1) is 18.1. The zero-order valence-corrected chi connectivity index (χ0v) is 10.5. The lowest BCUT2D eigenvalue weighted by Crippen LogP contribution is -1.86. The van der Waals surface area contributed by atoms with E-state index in [-0.39, 0.29) is 0 Å². The van der Waals surface area contributed by atoms with Crippen molar-refractivity contribution in [2.75, 3.05) is 0 Å². The monoisotopic (exact) mass is 186 g/mol. The molecule has 0 N–H and O–H groups in total. The van der Waals surface area contributed by atoms with Crippen LogP contribution in [-0.2, 0) is 7.05 Å². The highest BCUT2D eigenvalue weighted by atomic mass is 15.0. The number of imidazole rings is 1. The topological polar surface area (TPSA) is 17.8 Å². The summed E-state index contributed by atoms with van der Waals surface area (Å²) in [6, 6.07) is 0. The van der Waals surface area contributed by atoms with Gasteiger partial charge >= 0.3 is 0 Å². The number of aromatic nitrogens is 2. The Bertz CT molecular complexity index is 140. The Hall–Kier alpha value is -0.790. The van der Waals surface area contributed by atoms with Crippen LogP contribution in [-0.4, -0.2) is 9.55 Å². The Balaban J connectivity index is -0.000000144. The highest BCUT2D eigenvalue weighted by molar-refractivity contribution is 4.85. The average molecular weight is 186 g/mol. The van der Waals surface area contributed by atoms with E-state index in [4.69, 9.17) is 0 Å². The van der Waals surface area contributed by atoms with Crippen molar-refractivity contribution in [1.82, 2.24) is 9.55 Å². The van der Waals surface area contributed by atoms with Gasteiger partial charge in [0, 0.05) is 19.4 Å². The van der Waals surface area contributed by atoms with Crippen molar-refractivity contribution in [3.05, 3.63) is 18.2 Å². The summed E-state index contributed by atoms with van der Waals surface area (Å²) in [4.78, 5) is 3.98. The maximum atomic E-state index is 3.98. The van der Waals surface area contributed by atoms with Gasteiger partial charge in [-0.2, -0.15) is 0 Å². The van der Waals surface area contributed by atoms with E-state index < -0.39 is 0 Å². The Morgan fingerprint density at radius 1 is 1.00 bits per heavy atom. The molecule has 80 valence electrons. The van der Waals surface area contributed by atoms with E-state index in [2.05, 4.69) is 4.98 Å². The first-order chi connectivity index (χ1) is 6.30. The van der Waals surface area contributed by atoms with E-state index in [0.29, 0.717) is 0 Å². The average Bonchev–Trinajstić information content (AvgIpc) is 2.61. The van der Waals surface area contributed by atoms with Crippen molar-refractivity contribution in [1.29, 1.82) is 0 Å². The molecule has 0 spiro atoms. The van der Waals surface area contributed by atoms with Crippen LogP contribution in [0.15, 0.2) is 12.4 Å². The van der Waals surface area contributed by atoms with Crippen molar-refractivity contribution < 1.29 is 0 Å². The molecule has 0 aliphatic rings. The van der Waals surface area contributed by atoms with Gasteiger partial charge in [0.2, 0.25) is 0 Å². The fourth-order valence-electron chi connectivity index (χ4n) is 0.440. The zero-order chi connectivity index (χ0) is 11.3. The standard InChI is InChI=1S/C5H8N2.3C2H6/c1-5-6-3-4-7(5)2;3*1-2/h3-4H,1-2H3;3*1-2H3. The fraction of sp³-hybridized carbons (Fsp3) is 0.727. The molecule has 0 unspecified atom stereocenters. The van der Waals surface area contributed by atoms with Crippen LogP contribution in [0.4, 0.5) is 0 Å². The summed E-state index contributed by atoms with van der Waals surface area (Å²) in [5, 5.41) is 0. The number of hydrogen-bond donors (Lipinski definition) is 0. The molecule has 0 atom stereocenters. The third-order valence-corrected chi connectivity index (χ3v) is 1.06. The minimum Gasteiger partial charge on any atom is -0.338 e. The van der Waals surface area contributed by atoms with Crippen LogP contribution in [0.3, 0.4) is 0 Å². The molecule has 0 fully saturated rings. The first-order valence-corrected chi connectivity index (χ1v) is 5.24. The van der Waals surface area contributed by atoms with Crippen LogP contribution in [0.5, 0.6) is 0 Å². The van der Waals surface area contributed by atoms with E-state index in [9.17, 15) is 0 Å². The van der Waals surface area contributed by atoms with Gasteiger partial charge in [0.25, 0.3) is 0 Å². The molecule has 0 bridgehead atoms. The minimum atomic E-state index is 1.06. The molecule has 0 radical (unpaired) electrons. The molecule has 0 saturated carbocycles. The molecular formula is C11H26N2. The molecule has 2 heteroatoms. The van der Waals surface area contributed by atoms with E-state index in [1.165, 1.54) is 0 Å². The van der Waals surface area contributed by atoms with Gasteiger partial charge in [0.15, 0.2) is 0 Å². The van der Waals surface area contributed by atoms with Gasteiger partial charge in [-0.25, -0.2) is 4.98 Å². The molecule has 1 heterocycles. The summed E-state index contributed by atoms with van der Waals surface area (Å²) in [5.41, 5.74) is 0. The van der Waals surface area contributed by atoms with E-state index in [1.54, 1.807) is 6.20 Å². The van der Waals surface area contributed by atoms with Gasteiger partial charge in [0.05, 0.1) is 0 Å². The van der Waals surface area contributed by atoms with Gasteiger partial charge in [-0.05, 0) is 6.92 Å². The molecule has 0 aliphatic heterocycles. The van der Waals surface area contributed by atoms with Crippen molar-refractivity contribution in [3.63, 3.8) is 0 Å². The quantitative estimate of drug-likeness (QED) is 0.602. The fourth-order valence-corrected chi connectivity index (χ4v) is 0.440. The van der Waals surface area contributed by atoms with Crippen LogP contribution in [0.25, 0.3) is 0 Å². The van der Waals surface area contributed by atoms with Gasteiger partial charge in [-0.15, -0.1) is 0 Å². The molecule has 1 aromatic heterocycles. The maximum Gasteiger partial charge on any atom is 0.105 e. The smallest absolute Gasteiger partial charge is 0.105 e. The maximum absolute atomic E-state index is 3.98. The van der Waals surface area contributed by atoms with Gasteiger partial charge in [-0.1, -0.05) is 41.5 Å². The van der Waals surface area contributed by atoms with Gasteiger partial charge < -0.3 is 4.57 Å². The summed E-state index contributed by atoms with van der Waals surface area (Å²) in [7, 11) is 1.97. The minimum absolute atomic E-state index is 1.06. The van der Waals surface area contributed by atoms with Gasteiger partial charge in [-0.3, -0.25) is 0 Å². The summed E-state index contributed by atoms with van der Waals surface area (Å²) < 4.78 is 1.97. The molecule has 1 aromatic rings. The van der Waals surface area contributed by atoms with E-state index in [1.807, 2.05) is 66.3 Å². The summed E-state index contributed by atoms with van der Waals surface area (Å²) in [6.45, 7) is 14.0. The Labute approximate surface area is 84.0 Å². The van der Waals surface area contributed by atoms with Crippen LogP contribution < -0.4 is 0 Å². The van der Waals surface area contributed by atoms with Crippen molar-refractivity contribution in [3.8, 4) is 0 Å². The number of aryl methyl sites for hydroxylation is 2. The summed E-state index contributed by atoms with van der Waals surface area (Å²) >= 11 is 0. The van der Waals surface area contributed by atoms with Crippen molar-refractivity contribution in [2.24, 2.45) is 7.05 Å². The predicted molar refractivity (Wildman–Crippen MR) is 62.0 cm³/mol. The molecule has 0 saturated heterocycles. The van der Waals surface area contributed by atoms with Crippen molar-refractivity contribution >= 4 is 0 Å². The highest BCUT2D eigenvalue weighted by Gasteiger charge is 1.83. The third kappa shape index (κ3) is 11.2. The molecule has 0 aliphatic carbocycles. The normalized spacial score (nSPS) is 6.46. The second-order valence-corrected chi connectivity index (χ2v) is 1.59. The summed E-state index contributed by atoms with van der Waals surface area (Å²) in [5.74, 6) is 1.06. The second-order valence-electron chi connectivity index (χ2n) is 1.59. The molecule has 1 rings (SSSR count). The van der Waals surface area contributed by atoms with Crippen LogP contribution in [0, 0.1) is 6.92 Å². The predicted octanol–water partition coefficient (Wildman–Crippen LogP) is 3.81. The largest absolute Gasteiger partial charge is 0.338 e. The lowest BCUT2D eigenvalue weighted by molar-refractivity contribution is 0.858. The molecule has 0 aromatic carbocycles. The molecule has 2 nitrogen and oxygen atoms in total. The SMILES string of the molecule is CC.CC.CC.Cc1nccn1C. The van der Waals surface area contributed by atoms with Crippen LogP contribution >= 0.6 is 0 Å². The van der Waals surface area contributed by atoms with Crippen LogP contribution in [0.1, 0.15) is 47.4 Å². The number of hydrogen-bond acceptors (Lipinski definition) is 1. The van der Waals surface area contributed by atoms with Crippen LogP contribution in [0.2, 0.25) is 0 Å². The molecule has 13 heavy (non-hydrogen) atoms. The lowest BCUT2D eigenvalue weighted by Gasteiger charge is -1.87. The number of rotatable bonds is 0. The second kappa shape index (κ2) is 17.3. The zero-order valence-electron chi connectivity index (χ0n) is 10.5.